The quantitative estimate of drug-likeness (QED) is 0.781. The molecule has 0 spiro atoms. The first-order valence-corrected chi connectivity index (χ1v) is 7.64. The molecular formula is C16H22BF3O4. The SMILES string of the molecule is COC(C)c1cc(OC(F)(F)F)ccc1B1OC(C)(C)C(C)(C)O1. The Kier molecular flexibility index (Phi) is 4.96. The highest BCUT2D eigenvalue weighted by Gasteiger charge is 2.52. The number of benzene rings is 1. The van der Waals surface area contributed by atoms with Gasteiger partial charge in [-0.25, -0.2) is 0 Å². The molecule has 134 valence electrons. The summed E-state index contributed by atoms with van der Waals surface area (Å²) < 4.78 is 58.6. The van der Waals surface area contributed by atoms with Crippen molar-refractivity contribution in [3.05, 3.63) is 23.8 Å². The van der Waals surface area contributed by atoms with E-state index in [4.69, 9.17) is 14.0 Å². The Morgan fingerprint density at radius 2 is 1.62 bits per heavy atom. The molecule has 0 amide bonds. The molecule has 1 aromatic carbocycles. The molecule has 1 fully saturated rings. The average Bonchev–Trinajstić information content (AvgIpc) is 2.64. The summed E-state index contributed by atoms with van der Waals surface area (Å²) in [5.41, 5.74) is 0.0500. The highest BCUT2D eigenvalue weighted by molar-refractivity contribution is 6.62. The summed E-state index contributed by atoms with van der Waals surface area (Å²) in [5, 5.41) is 0. The zero-order chi connectivity index (χ0) is 18.3. The number of halogens is 3. The number of methoxy groups -OCH3 is 1. The third-order valence-electron chi connectivity index (χ3n) is 4.59. The minimum atomic E-state index is -4.75. The van der Waals surface area contributed by atoms with Gasteiger partial charge in [0.05, 0.1) is 17.3 Å². The second kappa shape index (κ2) is 6.24. The van der Waals surface area contributed by atoms with Gasteiger partial charge in [-0.05, 0) is 57.8 Å². The minimum absolute atomic E-state index is 0.304. The van der Waals surface area contributed by atoms with Crippen LogP contribution in [0.25, 0.3) is 0 Å². The monoisotopic (exact) mass is 346 g/mol. The summed E-state index contributed by atoms with van der Waals surface area (Å²) >= 11 is 0. The summed E-state index contributed by atoms with van der Waals surface area (Å²) in [5.74, 6) is -0.304. The predicted molar refractivity (Wildman–Crippen MR) is 84.3 cm³/mol. The molecule has 1 atom stereocenters. The van der Waals surface area contributed by atoms with Crippen LogP contribution < -0.4 is 10.2 Å². The van der Waals surface area contributed by atoms with Gasteiger partial charge in [-0.3, -0.25) is 0 Å². The van der Waals surface area contributed by atoms with Gasteiger partial charge in [0.25, 0.3) is 0 Å². The molecule has 0 bridgehead atoms. The molecule has 1 saturated heterocycles. The van der Waals surface area contributed by atoms with Crippen LogP contribution in [-0.4, -0.2) is 31.8 Å². The molecule has 1 aliphatic rings. The summed E-state index contributed by atoms with van der Waals surface area (Å²) in [6, 6.07) is 4.08. The van der Waals surface area contributed by atoms with Crippen LogP contribution in [-0.2, 0) is 14.0 Å². The number of rotatable bonds is 4. The standard InChI is InChI=1S/C16H22BF3O4/c1-10(21-6)12-9-11(22-16(18,19)20)7-8-13(12)17-23-14(2,3)15(4,5)24-17/h7-10H,1-6H3. The molecule has 8 heteroatoms. The maximum Gasteiger partial charge on any atom is 0.573 e. The molecule has 2 rings (SSSR count). The topological polar surface area (TPSA) is 36.9 Å². The molecule has 0 aliphatic carbocycles. The summed E-state index contributed by atoms with van der Waals surface area (Å²) in [6.45, 7) is 9.38. The van der Waals surface area contributed by atoms with E-state index in [1.807, 2.05) is 27.7 Å². The van der Waals surface area contributed by atoms with Gasteiger partial charge in [-0.2, -0.15) is 0 Å². The van der Waals surface area contributed by atoms with E-state index < -0.39 is 30.8 Å². The molecular weight excluding hydrogens is 324 g/mol. The Balaban J connectivity index is 2.40. The van der Waals surface area contributed by atoms with Crippen molar-refractivity contribution in [2.45, 2.75) is 58.3 Å². The van der Waals surface area contributed by atoms with Crippen LogP contribution in [0.3, 0.4) is 0 Å². The van der Waals surface area contributed by atoms with Crippen LogP contribution in [0.15, 0.2) is 18.2 Å². The van der Waals surface area contributed by atoms with Crippen LogP contribution >= 0.6 is 0 Å². The second-order valence-electron chi connectivity index (χ2n) is 6.80. The number of hydrogen-bond acceptors (Lipinski definition) is 4. The van der Waals surface area contributed by atoms with Gasteiger partial charge in [0.1, 0.15) is 5.75 Å². The Hall–Kier alpha value is -1.25. The lowest BCUT2D eigenvalue weighted by Gasteiger charge is -2.32. The lowest BCUT2D eigenvalue weighted by molar-refractivity contribution is -0.274. The van der Waals surface area contributed by atoms with Crippen LogP contribution in [0.5, 0.6) is 5.75 Å². The summed E-state index contributed by atoms with van der Waals surface area (Å²) in [6.07, 6.45) is -5.20. The second-order valence-corrected chi connectivity index (χ2v) is 6.80. The Morgan fingerprint density at radius 3 is 2.08 bits per heavy atom. The van der Waals surface area contributed by atoms with Gasteiger partial charge in [0.15, 0.2) is 0 Å². The lowest BCUT2D eigenvalue weighted by atomic mass is 9.74. The Morgan fingerprint density at radius 1 is 1.08 bits per heavy atom. The van der Waals surface area contributed by atoms with Gasteiger partial charge in [-0.15, -0.1) is 13.2 Å². The third-order valence-corrected chi connectivity index (χ3v) is 4.59. The van der Waals surface area contributed by atoms with Crippen molar-refractivity contribution in [2.24, 2.45) is 0 Å². The predicted octanol–water partition coefficient (Wildman–Crippen LogP) is 3.59. The molecule has 4 nitrogen and oxygen atoms in total. The first-order chi connectivity index (χ1) is 10.9. The normalized spacial score (nSPS) is 21.0. The van der Waals surface area contributed by atoms with Gasteiger partial charge < -0.3 is 18.8 Å². The fourth-order valence-electron chi connectivity index (χ4n) is 2.41. The van der Waals surface area contributed by atoms with Crippen LogP contribution in [0.2, 0.25) is 0 Å². The lowest BCUT2D eigenvalue weighted by Crippen LogP contribution is -2.41. The summed E-state index contributed by atoms with van der Waals surface area (Å²) in [7, 11) is 0.790. The van der Waals surface area contributed by atoms with Crippen molar-refractivity contribution in [1.82, 2.24) is 0 Å². The van der Waals surface area contributed by atoms with E-state index in [0.29, 0.717) is 11.0 Å². The molecule has 1 heterocycles. The zero-order valence-corrected chi connectivity index (χ0v) is 14.7. The third kappa shape index (κ3) is 3.87. The first kappa shape index (κ1) is 19.1. The Labute approximate surface area is 140 Å². The Bertz CT molecular complexity index is 585. The van der Waals surface area contributed by atoms with E-state index in [9.17, 15) is 13.2 Å². The molecule has 1 aliphatic heterocycles. The van der Waals surface area contributed by atoms with Crippen molar-refractivity contribution in [1.29, 1.82) is 0 Å². The first-order valence-electron chi connectivity index (χ1n) is 7.64. The maximum atomic E-state index is 12.5. The zero-order valence-electron chi connectivity index (χ0n) is 14.7. The van der Waals surface area contributed by atoms with Gasteiger partial charge in [-0.1, -0.05) is 6.07 Å². The van der Waals surface area contributed by atoms with Crippen molar-refractivity contribution in [3.63, 3.8) is 0 Å². The highest BCUT2D eigenvalue weighted by atomic mass is 19.4. The molecule has 1 unspecified atom stereocenters. The van der Waals surface area contributed by atoms with Gasteiger partial charge >= 0.3 is 13.5 Å². The molecule has 0 saturated carbocycles. The van der Waals surface area contributed by atoms with Crippen molar-refractivity contribution >= 4 is 12.6 Å². The van der Waals surface area contributed by atoms with Crippen molar-refractivity contribution in [3.8, 4) is 5.75 Å². The molecule has 24 heavy (non-hydrogen) atoms. The van der Waals surface area contributed by atoms with Crippen LogP contribution in [0.4, 0.5) is 13.2 Å². The van der Waals surface area contributed by atoms with E-state index in [-0.39, 0.29) is 5.75 Å². The fraction of sp³-hybridized carbons (Fsp3) is 0.625. The number of alkyl halides is 3. The highest BCUT2D eigenvalue weighted by Crippen LogP contribution is 2.37. The van der Waals surface area contributed by atoms with Gasteiger partial charge in [0, 0.05) is 7.11 Å². The summed E-state index contributed by atoms with van der Waals surface area (Å²) in [4.78, 5) is 0. The van der Waals surface area contributed by atoms with Crippen molar-refractivity contribution in [2.75, 3.05) is 7.11 Å². The van der Waals surface area contributed by atoms with E-state index >= 15 is 0 Å². The van der Waals surface area contributed by atoms with Crippen LogP contribution in [0, 0.1) is 0 Å². The van der Waals surface area contributed by atoms with Crippen molar-refractivity contribution < 1.29 is 32.0 Å². The molecule has 0 aromatic heterocycles. The number of ether oxygens (including phenoxy) is 2. The largest absolute Gasteiger partial charge is 0.573 e. The van der Waals surface area contributed by atoms with Crippen LogP contribution in [0.1, 0.15) is 46.3 Å². The van der Waals surface area contributed by atoms with E-state index in [0.717, 1.165) is 0 Å². The minimum Gasteiger partial charge on any atom is -0.406 e. The molecule has 0 N–H and O–H groups in total. The van der Waals surface area contributed by atoms with Gasteiger partial charge in [0.2, 0.25) is 0 Å². The molecule has 0 radical (unpaired) electrons. The number of hydrogen-bond donors (Lipinski definition) is 0. The maximum absolute atomic E-state index is 12.5. The van der Waals surface area contributed by atoms with E-state index in [1.54, 1.807) is 6.92 Å². The fourth-order valence-corrected chi connectivity index (χ4v) is 2.41. The average molecular weight is 346 g/mol. The van der Waals surface area contributed by atoms with E-state index in [1.165, 1.54) is 25.3 Å². The molecule has 1 aromatic rings. The van der Waals surface area contributed by atoms with E-state index in [2.05, 4.69) is 4.74 Å². The smallest absolute Gasteiger partial charge is 0.406 e.